The number of hydrogen-bond acceptors (Lipinski definition) is 2. The van der Waals surface area contributed by atoms with Gasteiger partial charge in [0.1, 0.15) is 0 Å². The fourth-order valence-electron chi connectivity index (χ4n) is 2.61. The lowest BCUT2D eigenvalue weighted by Gasteiger charge is -2.20. The molecule has 3 nitrogen and oxygen atoms in total. The normalized spacial score (nSPS) is 24.2. The lowest BCUT2D eigenvalue weighted by Crippen LogP contribution is -2.44. The number of benzene rings is 1. The van der Waals surface area contributed by atoms with E-state index in [-0.39, 0.29) is 18.0 Å². The van der Waals surface area contributed by atoms with E-state index < -0.39 is 0 Å². The molecule has 1 aromatic carbocycles. The van der Waals surface area contributed by atoms with Crippen LogP contribution < -0.4 is 10.6 Å². The predicted molar refractivity (Wildman–Crippen MR) is 77.9 cm³/mol. The molecule has 1 aliphatic rings. The van der Waals surface area contributed by atoms with Gasteiger partial charge < -0.3 is 10.6 Å². The van der Waals surface area contributed by atoms with Crippen LogP contribution in [0.4, 0.5) is 0 Å². The topological polar surface area (TPSA) is 41.1 Å². The van der Waals surface area contributed by atoms with Gasteiger partial charge in [-0.05, 0) is 43.4 Å². The number of carbonyl (C=O) groups is 1. The third-order valence-corrected chi connectivity index (χ3v) is 4.06. The van der Waals surface area contributed by atoms with E-state index in [4.69, 9.17) is 0 Å². The molecule has 0 saturated carbocycles. The largest absolute Gasteiger partial charge is 0.348 e. The summed E-state index contributed by atoms with van der Waals surface area (Å²) in [5, 5.41) is 6.37. The van der Waals surface area contributed by atoms with E-state index in [2.05, 4.69) is 48.7 Å². The molecule has 1 fully saturated rings. The highest BCUT2D eigenvalue weighted by molar-refractivity contribution is 5.82. The quantitative estimate of drug-likeness (QED) is 0.873. The number of hydrogen-bond donors (Lipinski definition) is 2. The van der Waals surface area contributed by atoms with Crippen LogP contribution in [0.5, 0.6) is 0 Å². The number of nitrogens with one attached hydrogen (secondary N) is 2. The van der Waals surface area contributed by atoms with Gasteiger partial charge in [0.15, 0.2) is 0 Å². The molecule has 1 aromatic rings. The second-order valence-corrected chi connectivity index (χ2v) is 5.52. The van der Waals surface area contributed by atoms with Gasteiger partial charge in [0, 0.05) is 0 Å². The summed E-state index contributed by atoms with van der Waals surface area (Å²) >= 11 is 0. The Morgan fingerprint density at radius 1 is 1.42 bits per heavy atom. The molecule has 1 heterocycles. The van der Waals surface area contributed by atoms with Gasteiger partial charge in [-0.3, -0.25) is 4.79 Å². The smallest absolute Gasteiger partial charge is 0.237 e. The SMILES string of the molecule is CCc1ccc(C(C)NC(=O)C2NCCC2C)cc1. The Kier molecular flexibility index (Phi) is 4.59. The second kappa shape index (κ2) is 6.20. The molecular formula is C16H24N2O. The van der Waals surface area contributed by atoms with Gasteiger partial charge in [-0.25, -0.2) is 0 Å². The van der Waals surface area contributed by atoms with Crippen LogP contribution >= 0.6 is 0 Å². The zero-order valence-corrected chi connectivity index (χ0v) is 12.1. The molecule has 3 atom stereocenters. The van der Waals surface area contributed by atoms with Crippen LogP contribution in [0.3, 0.4) is 0 Å². The minimum atomic E-state index is -0.0302. The molecule has 19 heavy (non-hydrogen) atoms. The lowest BCUT2D eigenvalue weighted by atomic mass is 10.0. The Labute approximate surface area is 115 Å². The Morgan fingerprint density at radius 3 is 2.63 bits per heavy atom. The van der Waals surface area contributed by atoms with Crippen molar-refractivity contribution in [2.24, 2.45) is 5.92 Å². The van der Waals surface area contributed by atoms with Gasteiger partial charge in [-0.2, -0.15) is 0 Å². The van der Waals surface area contributed by atoms with Crippen LogP contribution in [-0.4, -0.2) is 18.5 Å². The monoisotopic (exact) mass is 260 g/mol. The van der Waals surface area contributed by atoms with Crippen molar-refractivity contribution in [3.05, 3.63) is 35.4 Å². The number of rotatable bonds is 4. The summed E-state index contributed by atoms with van der Waals surface area (Å²) in [6.07, 6.45) is 2.13. The molecule has 1 amide bonds. The molecule has 3 heteroatoms. The van der Waals surface area contributed by atoms with Crippen LogP contribution in [0.1, 0.15) is 44.4 Å². The van der Waals surface area contributed by atoms with Crippen LogP contribution in [0.2, 0.25) is 0 Å². The van der Waals surface area contributed by atoms with Crippen molar-refractivity contribution in [1.82, 2.24) is 10.6 Å². The van der Waals surface area contributed by atoms with Gasteiger partial charge in [0.2, 0.25) is 5.91 Å². The summed E-state index contributed by atoms with van der Waals surface area (Å²) in [5.41, 5.74) is 2.49. The van der Waals surface area contributed by atoms with Gasteiger partial charge in [-0.1, -0.05) is 38.1 Å². The molecule has 0 spiro atoms. The summed E-state index contributed by atoms with van der Waals surface area (Å²) < 4.78 is 0. The molecule has 0 aromatic heterocycles. The van der Waals surface area contributed by atoms with Crippen LogP contribution in [-0.2, 0) is 11.2 Å². The standard InChI is InChI=1S/C16H24N2O/c1-4-13-5-7-14(8-6-13)12(3)18-16(19)15-11(2)9-10-17-15/h5-8,11-12,15,17H,4,9-10H2,1-3H3,(H,18,19). The maximum absolute atomic E-state index is 12.2. The lowest BCUT2D eigenvalue weighted by molar-refractivity contribution is -0.124. The number of carbonyl (C=O) groups excluding carboxylic acids is 1. The van der Waals surface area contributed by atoms with Crippen LogP contribution in [0.15, 0.2) is 24.3 Å². The summed E-state index contributed by atoms with van der Waals surface area (Å²) in [7, 11) is 0. The van der Waals surface area contributed by atoms with Crippen LogP contribution in [0.25, 0.3) is 0 Å². The fourth-order valence-corrected chi connectivity index (χ4v) is 2.61. The first-order valence-corrected chi connectivity index (χ1v) is 7.24. The molecule has 0 radical (unpaired) electrons. The third kappa shape index (κ3) is 3.35. The Hall–Kier alpha value is -1.35. The minimum Gasteiger partial charge on any atom is -0.348 e. The minimum absolute atomic E-state index is 0.0302. The van der Waals surface area contributed by atoms with Crippen molar-refractivity contribution < 1.29 is 4.79 Å². The third-order valence-electron chi connectivity index (χ3n) is 4.06. The Morgan fingerprint density at radius 2 is 2.11 bits per heavy atom. The predicted octanol–water partition coefficient (Wildman–Crippen LogP) is 2.42. The first-order chi connectivity index (χ1) is 9.11. The molecular weight excluding hydrogens is 236 g/mol. The zero-order chi connectivity index (χ0) is 13.8. The van der Waals surface area contributed by atoms with Crippen molar-refractivity contribution in [3.8, 4) is 0 Å². The maximum Gasteiger partial charge on any atom is 0.237 e. The van der Waals surface area contributed by atoms with E-state index >= 15 is 0 Å². The zero-order valence-electron chi connectivity index (χ0n) is 12.1. The van der Waals surface area contributed by atoms with Gasteiger partial charge in [0.25, 0.3) is 0 Å². The first-order valence-electron chi connectivity index (χ1n) is 7.24. The molecule has 104 valence electrons. The fraction of sp³-hybridized carbons (Fsp3) is 0.562. The number of aryl methyl sites for hydroxylation is 1. The van der Waals surface area contributed by atoms with E-state index in [0.29, 0.717) is 5.92 Å². The second-order valence-electron chi connectivity index (χ2n) is 5.52. The highest BCUT2D eigenvalue weighted by atomic mass is 16.2. The molecule has 3 unspecified atom stereocenters. The van der Waals surface area contributed by atoms with E-state index in [1.54, 1.807) is 0 Å². The summed E-state index contributed by atoms with van der Waals surface area (Å²) in [5.74, 6) is 0.548. The average molecular weight is 260 g/mol. The first kappa shape index (κ1) is 14.1. The Bertz CT molecular complexity index is 427. The highest BCUT2D eigenvalue weighted by Gasteiger charge is 2.29. The van der Waals surface area contributed by atoms with Gasteiger partial charge in [-0.15, -0.1) is 0 Å². The molecule has 1 saturated heterocycles. The van der Waals surface area contributed by atoms with E-state index in [1.807, 2.05) is 6.92 Å². The van der Waals surface area contributed by atoms with Crippen molar-refractivity contribution >= 4 is 5.91 Å². The molecule has 2 rings (SSSR count). The van der Waals surface area contributed by atoms with Crippen molar-refractivity contribution in [3.63, 3.8) is 0 Å². The van der Waals surface area contributed by atoms with Crippen LogP contribution in [0, 0.1) is 5.92 Å². The maximum atomic E-state index is 12.2. The number of amides is 1. The van der Waals surface area contributed by atoms with Gasteiger partial charge in [0.05, 0.1) is 12.1 Å². The molecule has 2 N–H and O–H groups in total. The highest BCUT2D eigenvalue weighted by Crippen LogP contribution is 2.17. The van der Waals surface area contributed by atoms with E-state index in [0.717, 1.165) is 24.9 Å². The Balaban J connectivity index is 1.95. The summed E-state index contributed by atoms with van der Waals surface area (Å²) in [6, 6.07) is 8.51. The molecule has 0 aliphatic carbocycles. The summed E-state index contributed by atoms with van der Waals surface area (Å²) in [4.78, 5) is 12.2. The van der Waals surface area contributed by atoms with Gasteiger partial charge >= 0.3 is 0 Å². The average Bonchev–Trinajstić information content (AvgIpc) is 2.85. The van der Waals surface area contributed by atoms with Crippen molar-refractivity contribution in [1.29, 1.82) is 0 Å². The van der Waals surface area contributed by atoms with E-state index in [1.165, 1.54) is 5.56 Å². The van der Waals surface area contributed by atoms with Crippen molar-refractivity contribution in [2.45, 2.75) is 45.7 Å². The van der Waals surface area contributed by atoms with E-state index in [9.17, 15) is 4.79 Å². The molecule has 1 aliphatic heterocycles. The van der Waals surface area contributed by atoms with Crippen molar-refractivity contribution in [2.75, 3.05) is 6.54 Å². The summed E-state index contributed by atoms with van der Waals surface area (Å²) in [6.45, 7) is 7.26. The molecule has 0 bridgehead atoms.